The van der Waals surface area contributed by atoms with Gasteiger partial charge in [0.1, 0.15) is 0 Å². The van der Waals surface area contributed by atoms with Crippen molar-refractivity contribution in [1.82, 2.24) is 5.32 Å². The number of carbonyl (C=O) groups is 2. The van der Waals surface area contributed by atoms with Crippen molar-refractivity contribution < 1.29 is 24.5 Å². The molecule has 0 bridgehead atoms. The maximum absolute atomic E-state index is 13.0. The molecule has 1 heterocycles. The average molecular weight is 389 g/mol. The van der Waals surface area contributed by atoms with Crippen LogP contribution in [0.3, 0.4) is 0 Å². The second kappa shape index (κ2) is 8.37. The number of non-ortho nitro benzene ring substituents is 1. The van der Waals surface area contributed by atoms with E-state index in [0.29, 0.717) is 11.3 Å². The molecule has 1 unspecified atom stereocenters. The van der Waals surface area contributed by atoms with Gasteiger partial charge in [-0.15, -0.1) is 0 Å². The van der Waals surface area contributed by atoms with Gasteiger partial charge in [0.2, 0.25) is 5.60 Å². The molecule has 2 aliphatic rings. The Morgan fingerprint density at radius 2 is 2.00 bits per heavy atom. The van der Waals surface area contributed by atoms with E-state index >= 15 is 0 Å². The zero-order valence-corrected chi connectivity index (χ0v) is 15.4. The number of nitrogens with one attached hydrogen (secondary N) is 1. The van der Waals surface area contributed by atoms with Gasteiger partial charge < -0.3 is 15.3 Å². The lowest BCUT2D eigenvalue weighted by Crippen LogP contribution is -2.51. The molecule has 28 heavy (non-hydrogen) atoms. The van der Waals surface area contributed by atoms with Crippen molar-refractivity contribution in [3.63, 3.8) is 0 Å². The van der Waals surface area contributed by atoms with E-state index < -0.39 is 28.8 Å². The van der Waals surface area contributed by atoms with Crippen LogP contribution >= 0.6 is 0 Å². The highest BCUT2D eigenvalue weighted by atomic mass is 16.7. The van der Waals surface area contributed by atoms with Crippen LogP contribution < -0.4 is 5.32 Å². The lowest BCUT2D eigenvalue weighted by atomic mass is 9.89. The van der Waals surface area contributed by atoms with Crippen LogP contribution in [0.25, 0.3) is 0 Å². The molecule has 1 aliphatic heterocycles. The lowest BCUT2D eigenvalue weighted by Gasteiger charge is -2.26. The van der Waals surface area contributed by atoms with Crippen molar-refractivity contribution in [2.24, 2.45) is 5.16 Å². The number of carboxylic acid groups (broad SMARTS) is 1. The van der Waals surface area contributed by atoms with Crippen LogP contribution in [0.1, 0.15) is 56.9 Å². The summed E-state index contributed by atoms with van der Waals surface area (Å²) < 4.78 is 0. The minimum atomic E-state index is -1.64. The molecule has 0 spiro atoms. The fourth-order valence-corrected chi connectivity index (χ4v) is 3.71. The number of hydrogen-bond acceptors (Lipinski definition) is 6. The van der Waals surface area contributed by atoms with E-state index in [1.807, 2.05) is 0 Å². The molecule has 0 saturated heterocycles. The van der Waals surface area contributed by atoms with E-state index in [2.05, 4.69) is 10.5 Å². The van der Waals surface area contributed by atoms with Crippen LogP contribution in [0.15, 0.2) is 29.4 Å². The molecule has 0 radical (unpaired) electrons. The highest BCUT2D eigenvalue weighted by molar-refractivity contribution is 6.06. The van der Waals surface area contributed by atoms with Crippen molar-refractivity contribution in [2.45, 2.75) is 63.0 Å². The first kappa shape index (κ1) is 19.8. The minimum Gasteiger partial charge on any atom is -0.481 e. The first-order valence-electron chi connectivity index (χ1n) is 9.42. The molecule has 1 aromatic carbocycles. The van der Waals surface area contributed by atoms with E-state index in [4.69, 9.17) is 4.84 Å². The fourth-order valence-electron chi connectivity index (χ4n) is 3.71. The van der Waals surface area contributed by atoms with E-state index in [9.17, 15) is 24.8 Å². The maximum Gasteiger partial charge on any atom is 0.308 e. The van der Waals surface area contributed by atoms with Gasteiger partial charge in [0, 0.05) is 30.2 Å². The number of amides is 1. The van der Waals surface area contributed by atoms with Gasteiger partial charge >= 0.3 is 5.97 Å². The summed E-state index contributed by atoms with van der Waals surface area (Å²) in [6, 6.07) is 5.81. The van der Waals surface area contributed by atoms with Crippen LogP contribution in [0.2, 0.25) is 0 Å². The molecule has 9 nitrogen and oxygen atoms in total. The second-order valence-corrected chi connectivity index (χ2v) is 7.34. The Morgan fingerprint density at radius 3 is 2.64 bits per heavy atom. The Kier molecular flexibility index (Phi) is 5.91. The van der Waals surface area contributed by atoms with Crippen LogP contribution in [0.4, 0.5) is 5.69 Å². The normalized spacial score (nSPS) is 22.6. The SMILES string of the molecule is O=C(O)CC1(C(=O)NC2CCCCCC2)CC(c2cccc([N+](=O)[O-])c2)=NO1. The number of carbonyl (C=O) groups excluding carboxylic acids is 1. The quantitative estimate of drug-likeness (QED) is 0.437. The third-order valence-electron chi connectivity index (χ3n) is 5.21. The molecule has 9 heteroatoms. The monoisotopic (exact) mass is 389 g/mol. The van der Waals surface area contributed by atoms with Crippen LogP contribution in [-0.4, -0.2) is 39.3 Å². The summed E-state index contributed by atoms with van der Waals surface area (Å²) in [6.07, 6.45) is 5.42. The summed E-state index contributed by atoms with van der Waals surface area (Å²) >= 11 is 0. The maximum atomic E-state index is 13.0. The van der Waals surface area contributed by atoms with E-state index in [1.54, 1.807) is 6.07 Å². The van der Waals surface area contributed by atoms with Gasteiger partial charge in [-0.05, 0) is 12.8 Å². The Labute approximate surface area is 161 Å². The minimum absolute atomic E-state index is 0.00821. The highest BCUT2D eigenvalue weighted by Gasteiger charge is 2.49. The molecule has 1 aromatic rings. The first-order valence-corrected chi connectivity index (χ1v) is 9.42. The van der Waals surface area contributed by atoms with Gasteiger partial charge in [-0.3, -0.25) is 19.7 Å². The summed E-state index contributed by atoms with van der Waals surface area (Å²) in [5.74, 6) is -1.67. The van der Waals surface area contributed by atoms with E-state index in [-0.39, 0.29) is 18.2 Å². The Hall–Kier alpha value is -2.97. The Balaban J connectivity index is 1.77. The lowest BCUT2D eigenvalue weighted by molar-refractivity contribution is -0.384. The summed E-state index contributed by atoms with van der Waals surface area (Å²) in [7, 11) is 0. The molecule has 0 aromatic heterocycles. The van der Waals surface area contributed by atoms with E-state index in [1.165, 1.54) is 18.2 Å². The number of aliphatic carboxylic acids is 1. The predicted molar refractivity (Wildman–Crippen MR) is 100.0 cm³/mol. The van der Waals surface area contributed by atoms with Crippen LogP contribution in [-0.2, 0) is 14.4 Å². The zero-order valence-electron chi connectivity index (χ0n) is 15.4. The van der Waals surface area contributed by atoms with Gasteiger partial charge in [-0.25, -0.2) is 0 Å². The van der Waals surface area contributed by atoms with Gasteiger partial charge in [0.05, 0.1) is 17.1 Å². The standard InChI is InChI=1S/C19H23N3O6/c23-17(24)12-19(18(25)20-14-7-3-1-2-4-8-14)11-16(21-28-19)13-6-5-9-15(10-13)22(26)27/h5-6,9-10,14H,1-4,7-8,11-12H2,(H,20,25)(H,23,24). The summed E-state index contributed by atoms with van der Waals surface area (Å²) in [4.78, 5) is 40.2. The van der Waals surface area contributed by atoms with Crippen molar-refractivity contribution in [2.75, 3.05) is 0 Å². The van der Waals surface area contributed by atoms with Crippen LogP contribution in [0.5, 0.6) is 0 Å². The molecule has 2 N–H and O–H groups in total. The number of nitro benzene ring substituents is 1. The average Bonchev–Trinajstić information content (AvgIpc) is 2.92. The molecule has 1 saturated carbocycles. The number of oxime groups is 1. The topological polar surface area (TPSA) is 131 Å². The molecule has 1 fully saturated rings. The van der Waals surface area contributed by atoms with Crippen LogP contribution in [0, 0.1) is 10.1 Å². The molecule has 1 aliphatic carbocycles. The molecule has 150 valence electrons. The smallest absolute Gasteiger partial charge is 0.308 e. The predicted octanol–water partition coefficient (Wildman–Crippen LogP) is 2.77. The van der Waals surface area contributed by atoms with Gasteiger partial charge in [-0.2, -0.15) is 0 Å². The van der Waals surface area contributed by atoms with Gasteiger partial charge in [0.25, 0.3) is 11.6 Å². The van der Waals surface area contributed by atoms with E-state index in [0.717, 1.165) is 38.5 Å². The number of carboxylic acids is 1. The summed E-state index contributed by atoms with van der Waals surface area (Å²) in [6.45, 7) is 0. The van der Waals surface area contributed by atoms with Crippen molar-refractivity contribution >= 4 is 23.3 Å². The van der Waals surface area contributed by atoms with Crippen molar-refractivity contribution in [1.29, 1.82) is 0 Å². The number of nitrogens with zero attached hydrogens (tertiary/aromatic N) is 2. The third kappa shape index (κ3) is 4.47. The Bertz CT molecular complexity index is 801. The molecular formula is C19H23N3O6. The molecule has 1 amide bonds. The largest absolute Gasteiger partial charge is 0.481 e. The summed E-state index contributed by atoms with van der Waals surface area (Å²) in [5, 5.41) is 27.2. The van der Waals surface area contributed by atoms with Gasteiger partial charge in [-0.1, -0.05) is 43.0 Å². The van der Waals surface area contributed by atoms with Crippen molar-refractivity contribution in [3.8, 4) is 0 Å². The van der Waals surface area contributed by atoms with Crippen molar-refractivity contribution in [3.05, 3.63) is 39.9 Å². The molecular weight excluding hydrogens is 366 g/mol. The number of benzene rings is 1. The zero-order chi connectivity index (χ0) is 20.1. The number of rotatable bonds is 6. The first-order chi connectivity index (χ1) is 13.4. The second-order valence-electron chi connectivity index (χ2n) is 7.34. The fraction of sp³-hybridized carbons (Fsp3) is 0.526. The molecule has 1 atom stereocenters. The Morgan fingerprint density at radius 1 is 1.29 bits per heavy atom. The third-order valence-corrected chi connectivity index (χ3v) is 5.21. The highest BCUT2D eigenvalue weighted by Crippen LogP contribution is 2.32. The molecule has 3 rings (SSSR count). The number of nitro groups is 1. The summed E-state index contributed by atoms with van der Waals surface area (Å²) in [5.41, 5.74) is -0.999. The number of hydrogen-bond donors (Lipinski definition) is 2. The van der Waals surface area contributed by atoms with Gasteiger partial charge in [0.15, 0.2) is 0 Å².